The summed E-state index contributed by atoms with van der Waals surface area (Å²) in [7, 11) is -3.56. The SMILES string of the molecule is O=C(O)[C@@H]1CCCN1S(=O)(=O)CCc1cccc(Cl)c1. The number of aliphatic carboxylic acids is 1. The van der Waals surface area contributed by atoms with Crippen molar-refractivity contribution in [1.82, 2.24) is 4.31 Å². The second-order valence-electron chi connectivity index (χ2n) is 4.80. The number of carboxylic acids is 1. The van der Waals surface area contributed by atoms with E-state index in [0.717, 1.165) is 9.87 Å². The topological polar surface area (TPSA) is 74.7 Å². The van der Waals surface area contributed by atoms with Gasteiger partial charge in [0.2, 0.25) is 10.0 Å². The molecule has 0 radical (unpaired) electrons. The van der Waals surface area contributed by atoms with Crippen molar-refractivity contribution in [1.29, 1.82) is 0 Å². The van der Waals surface area contributed by atoms with E-state index in [1.807, 2.05) is 0 Å². The average Bonchev–Trinajstić information content (AvgIpc) is 2.87. The molecule has 1 saturated heterocycles. The number of aryl methyl sites for hydroxylation is 1. The summed E-state index contributed by atoms with van der Waals surface area (Å²) in [5.74, 6) is -1.18. The Kier molecular flexibility index (Phi) is 4.67. The van der Waals surface area contributed by atoms with Gasteiger partial charge in [0.15, 0.2) is 0 Å². The van der Waals surface area contributed by atoms with Crippen molar-refractivity contribution in [2.45, 2.75) is 25.3 Å². The molecule has 1 aromatic rings. The quantitative estimate of drug-likeness (QED) is 0.898. The summed E-state index contributed by atoms with van der Waals surface area (Å²) in [6.07, 6.45) is 1.30. The number of carbonyl (C=O) groups is 1. The first kappa shape index (κ1) is 15.3. The summed E-state index contributed by atoms with van der Waals surface area (Å²) in [6, 6.07) is 6.09. The molecule has 1 fully saturated rings. The maximum absolute atomic E-state index is 12.2. The fraction of sp³-hybridized carbons (Fsp3) is 0.462. The first-order valence-corrected chi connectivity index (χ1v) is 8.35. The number of sulfonamides is 1. The highest BCUT2D eigenvalue weighted by Gasteiger charge is 2.38. The first-order chi connectivity index (χ1) is 9.40. The van der Waals surface area contributed by atoms with Crippen LogP contribution in [0.15, 0.2) is 24.3 Å². The second-order valence-corrected chi connectivity index (χ2v) is 7.28. The van der Waals surface area contributed by atoms with Gasteiger partial charge in [0, 0.05) is 11.6 Å². The van der Waals surface area contributed by atoms with E-state index in [1.54, 1.807) is 24.3 Å². The fourth-order valence-corrected chi connectivity index (χ4v) is 4.31. The minimum atomic E-state index is -3.56. The minimum Gasteiger partial charge on any atom is -0.480 e. The van der Waals surface area contributed by atoms with Crippen molar-refractivity contribution in [2.24, 2.45) is 0 Å². The molecule has 7 heteroatoms. The lowest BCUT2D eigenvalue weighted by Gasteiger charge is -2.20. The van der Waals surface area contributed by atoms with Gasteiger partial charge in [0.1, 0.15) is 6.04 Å². The summed E-state index contributed by atoms with van der Waals surface area (Å²) in [4.78, 5) is 11.1. The third kappa shape index (κ3) is 3.50. The zero-order valence-corrected chi connectivity index (χ0v) is 12.4. The van der Waals surface area contributed by atoms with Gasteiger partial charge in [-0.1, -0.05) is 23.7 Å². The van der Waals surface area contributed by atoms with Crippen LogP contribution in [0.25, 0.3) is 0 Å². The molecular weight excluding hydrogens is 302 g/mol. The molecule has 1 aromatic carbocycles. The predicted molar refractivity (Wildman–Crippen MR) is 76.3 cm³/mol. The van der Waals surface area contributed by atoms with E-state index in [1.165, 1.54) is 0 Å². The zero-order valence-electron chi connectivity index (χ0n) is 10.8. The molecule has 1 N–H and O–H groups in total. The highest BCUT2D eigenvalue weighted by Crippen LogP contribution is 2.22. The maximum Gasteiger partial charge on any atom is 0.322 e. The fourth-order valence-electron chi connectivity index (χ4n) is 2.38. The average molecular weight is 318 g/mol. The number of carboxylic acid groups (broad SMARTS) is 1. The molecule has 1 heterocycles. The lowest BCUT2D eigenvalue weighted by atomic mass is 10.2. The summed E-state index contributed by atoms with van der Waals surface area (Å²) >= 11 is 5.85. The number of benzene rings is 1. The highest BCUT2D eigenvalue weighted by atomic mass is 35.5. The smallest absolute Gasteiger partial charge is 0.322 e. The molecule has 0 bridgehead atoms. The zero-order chi connectivity index (χ0) is 14.8. The first-order valence-electron chi connectivity index (χ1n) is 6.37. The largest absolute Gasteiger partial charge is 0.480 e. The van der Waals surface area contributed by atoms with Crippen molar-refractivity contribution in [3.63, 3.8) is 0 Å². The lowest BCUT2D eigenvalue weighted by Crippen LogP contribution is -2.41. The van der Waals surface area contributed by atoms with Gasteiger partial charge in [-0.15, -0.1) is 0 Å². The van der Waals surface area contributed by atoms with Gasteiger partial charge in [-0.05, 0) is 37.0 Å². The highest BCUT2D eigenvalue weighted by molar-refractivity contribution is 7.89. The van der Waals surface area contributed by atoms with Crippen LogP contribution in [0.3, 0.4) is 0 Å². The second kappa shape index (κ2) is 6.11. The van der Waals surface area contributed by atoms with Crippen LogP contribution in [0.5, 0.6) is 0 Å². The Morgan fingerprint density at radius 3 is 2.85 bits per heavy atom. The molecule has 20 heavy (non-hydrogen) atoms. The Balaban J connectivity index is 2.06. The van der Waals surface area contributed by atoms with Crippen LogP contribution in [-0.2, 0) is 21.2 Å². The van der Waals surface area contributed by atoms with Crippen LogP contribution in [0.1, 0.15) is 18.4 Å². The molecule has 0 unspecified atom stereocenters. The van der Waals surface area contributed by atoms with Gasteiger partial charge < -0.3 is 5.11 Å². The van der Waals surface area contributed by atoms with Gasteiger partial charge in [-0.2, -0.15) is 4.31 Å². The minimum absolute atomic E-state index is 0.100. The van der Waals surface area contributed by atoms with E-state index in [-0.39, 0.29) is 12.3 Å². The third-order valence-electron chi connectivity index (χ3n) is 3.38. The van der Waals surface area contributed by atoms with E-state index < -0.39 is 22.0 Å². The van der Waals surface area contributed by atoms with Crippen LogP contribution >= 0.6 is 11.6 Å². The Bertz CT molecular complexity index is 602. The van der Waals surface area contributed by atoms with Crippen LogP contribution < -0.4 is 0 Å². The predicted octanol–water partition coefficient (Wildman–Crippen LogP) is 1.76. The van der Waals surface area contributed by atoms with Gasteiger partial charge in [0.05, 0.1) is 5.75 Å². The molecular formula is C13H16ClNO4S. The molecule has 0 aromatic heterocycles. The van der Waals surface area contributed by atoms with E-state index in [9.17, 15) is 13.2 Å². The molecule has 2 rings (SSSR count). The summed E-state index contributed by atoms with van der Waals surface area (Å²) in [5, 5.41) is 9.60. The Morgan fingerprint density at radius 2 is 2.20 bits per heavy atom. The van der Waals surface area contributed by atoms with E-state index in [2.05, 4.69) is 0 Å². The maximum atomic E-state index is 12.2. The van der Waals surface area contributed by atoms with Crippen LogP contribution in [0.2, 0.25) is 5.02 Å². The van der Waals surface area contributed by atoms with Crippen molar-refractivity contribution in [3.8, 4) is 0 Å². The lowest BCUT2D eigenvalue weighted by molar-refractivity contribution is -0.140. The molecule has 1 aliphatic heterocycles. The van der Waals surface area contributed by atoms with E-state index in [0.29, 0.717) is 24.3 Å². The number of rotatable bonds is 5. The number of halogens is 1. The summed E-state index contributed by atoms with van der Waals surface area (Å²) in [5.41, 5.74) is 0.826. The van der Waals surface area contributed by atoms with Crippen LogP contribution in [0.4, 0.5) is 0 Å². The van der Waals surface area contributed by atoms with Crippen molar-refractivity contribution >= 4 is 27.6 Å². The van der Waals surface area contributed by atoms with Gasteiger partial charge in [-0.25, -0.2) is 8.42 Å². The van der Waals surface area contributed by atoms with E-state index in [4.69, 9.17) is 16.7 Å². The number of hydrogen-bond donors (Lipinski definition) is 1. The Hall–Kier alpha value is -1.11. The molecule has 0 aliphatic carbocycles. The molecule has 0 saturated carbocycles. The van der Waals surface area contributed by atoms with Crippen molar-refractivity contribution in [2.75, 3.05) is 12.3 Å². The van der Waals surface area contributed by atoms with Crippen LogP contribution in [-0.4, -0.2) is 42.1 Å². The van der Waals surface area contributed by atoms with Crippen molar-refractivity contribution < 1.29 is 18.3 Å². The summed E-state index contributed by atoms with van der Waals surface area (Å²) < 4.78 is 25.6. The molecule has 1 atom stereocenters. The molecule has 0 spiro atoms. The standard InChI is InChI=1S/C13H16ClNO4S/c14-11-4-1-3-10(9-11)6-8-20(18,19)15-7-2-5-12(15)13(16)17/h1,3-4,9,12H,2,5-8H2,(H,16,17)/t12-/m0/s1. The Labute approximate surface area is 123 Å². The Morgan fingerprint density at radius 1 is 1.45 bits per heavy atom. The monoisotopic (exact) mass is 317 g/mol. The summed E-state index contributed by atoms with van der Waals surface area (Å²) in [6.45, 7) is 0.287. The van der Waals surface area contributed by atoms with Gasteiger partial charge >= 0.3 is 5.97 Å². The molecule has 1 aliphatic rings. The number of nitrogens with zero attached hydrogens (tertiary/aromatic N) is 1. The number of hydrogen-bond acceptors (Lipinski definition) is 3. The van der Waals surface area contributed by atoms with Crippen LogP contribution in [0, 0.1) is 0 Å². The van der Waals surface area contributed by atoms with Gasteiger partial charge in [0.25, 0.3) is 0 Å². The van der Waals surface area contributed by atoms with Gasteiger partial charge in [-0.3, -0.25) is 4.79 Å². The molecule has 0 amide bonds. The van der Waals surface area contributed by atoms with Crippen molar-refractivity contribution in [3.05, 3.63) is 34.9 Å². The third-order valence-corrected chi connectivity index (χ3v) is 5.49. The van der Waals surface area contributed by atoms with E-state index >= 15 is 0 Å². The molecule has 110 valence electrons. The molecule has 5 nitrogen and oxygen atoms in total. The normalized spacial score (nSPS) is 20.1.